The van der Waals surface area contributed by atoms with Crippen molar-refractivity contribution in [2.75, 3.05) is 20.1 Å². The standard InChI is InChI=1S/C26H23F4N5O2/c1-14-4-5-16(10-15(14)2)19-11-35-22(24(37)31-19)20(26(28,29)30)21(33-35)23(36)32-25(12-34(3)13-25)17-6-8-18(27)9-7-17/h4-11H,12-13H2,1-3H3,(H,31,37)(H,32,36). The average molecular weight is 513 g/mol. The van der Waals surface area contributed by atoms with Crippen molar-refractivity contribution >= 4 is 11.4 Å². The lowest BCUT2D eigenvalue weighted by Crippen LogP contribution is -2.66. The van der Waals surface area contributed by atoms with Gasteiger partial charge in [0.1, 0.15) is 16.9 Å². The Morgan fingerprint density at radius 2 is 1.76 bits per heavy atom. The van der Waals surface area contributed by atoms with Crippen molar-refractivity contribution in [3.63, 3.8) is 0 Å². The van der Waals surface area contributed by atoms with Crippen molar-refractivity contribution in [1.29, 1.82) is 0 Å². The zero-order valence-corrected chi connectivity index (χ0v) is 20.2. The number of aromatic amines is 1. The van der Waals surface area contributed by atoms with Crippen LogP contribution in [0.5, 0.6) is 0 Å². The molecule has 4 aromatic rings. The van der Waals surface area contributed by atoms with Crippen LogP contribution in [0.1, 0.15) is 32.7 Å². The Morgan fingerprint density at radius 1 is 1.08 bits per heavy atom. The maximum Gasteiger partial charge on any atom is 0.421 e. The number of hydrogen-bond acceptors (Lipinski definition) is 4. The van der Waals surface area contributed by atoms with Crippen molar-refractivity contribution in [1.82, 2.24) is 24.8 Å². The molecule has 0 unspecified atom stereocenters. The minimum atomic E-state index is -5.02. The van der Waals surface area contributed by atoms with E-state index in [-0.39, 0.29) is 5.69 Å². The maximum absolute atomic E-state index is 14.2. The van der Waals surface area contributed by atoms with E-state index in [0.29, 0.717) is 24.2 Å². The van der Waals surface area contributed by atoms with Gasteiger partial charge in [0.2, 0.25) is 0 Å². The summed E-state index contributed by atoms with van der Waals surface area (Å²) >= 11 is 0. The van der Waals surface area contributed by atoms with Gasteiger partial charge in [-0.05, 0) is 61.3 Å². The highest BCUT2D eigenvalue weighted by molar-refractivity contribution is 5.96. The monoisotopic (exact) mass is 513 g/mol. The van der Waals surface area contributed by atoms with Gasteiger partial charge in [-0.1, -0.05) is 24.3 Å². The first-order chi connectivity index (χ1) is 17.4. The summed E-state index contributed by atoms with van der Waals surface area (Å²) in [5.41, 5.74) is -1.81. The topological polar surface area (TPSA) is 82.5 Å². The Bertz CT molecular complexity index is 1580. The van der Waals surface area contributed by atoms with Gasteiger partial charge in [0.25, 0.3) is 11.5 Å². The van der Waals surface area contributed by atoms with Crippen molar-refractivity contribution in [2.24, 2.45) is 0 Å². The van der Waals surface area contributed by atoms with E-state index in [2.05, 4.69) is 15.4 Å². The number of nitrogens with zero attached hydrogens (tertiary/aromatic N) is 3. The molecule has 0 aliphatic carbocycles. The number of likely N-dealkylation sites (N-methyl/N-ethyl adjacent to an activating group) is 1. The molecule has 0 bridgehead atoms. The van der Waals surface area contributed by atoms with Gasteiger partial charge in [0.15, 0.2) is 5.69 Å². The Morgan fingerprint density at radius 3 is 2.35 bits per heavy atom. The van der Waals surface area contributed by atoms with Gasteiger partial charge >= 0.3 is 6.18 Å². The highest BCUT2D eigenvalue weighted by Crippen LogP contribution is 2.36. The summed E-state index contributed by atoms with van der Waals surface area (Å²) in [6, 6.07) is 10.8. The van der Waals surface area contributed by atoms with Crippen LogP contribution in [0.3, 0.4) is 0 Å². The molecular weight excluding hydrogens is 490 g/mol. The summed E-state index contributed by atoms with van der Waals surface area (Å²) in [5, 5.41) is 6.60. The van der Waals surface area contributed by atoms with Crippen LogP contribution in [0.2, 0.25) is 0 Å². The molecule has 1 aliphatic heterocycles. The zero-order valence-electron chi connectivity index (χ0n) is 20.2. The second kappa shape index (κ2) is 8.55. The molecule has 3 heterocycles. The first kappa shape index (κ1) is 24.7. The van der Waals surface area contributed by atoms with Crippen LogP contribution in [0.25, 0.3) is 16.8 Å². The minimum Gasteiger partial charge on any atom is -0.338 e. The van der Waals surface area contributed by atoms with E-state index in [1.165, 1.54) is 30.5 Å². The molecule has 0 spiro atoms. The van der Waals surface area contributed by atoms with Crippen molar-refractivity contribution in [3.8, 4) is 11.3 Å². The van der Waals surface area contributed by atoms with Gasteiger partial charge in [-0.3, -0.25) is 9.59 Å². The number of halogens is 4. The van der Waals surface area contributed by atoms with E-state index in [9.17, 15) is 27.2 Å². The van der Waals surface area contributed by atoms with Gasteiger partial charge in [0, 0.05) is 13.1 Å². The smallest absolute Gasteiger partial charge is 0.338 e. The lowest BCUT2D eigenvalue weighted by Gasteiger charge is -2.49. The fourth-order valence-corrected chi connectivity index (χ4v) is 4.82. The van der Waals surface area contributed by atoms with Crippen molar-refractivity contribution in [3.05, 3.63) is 92.8 Å². The number of alkyl halides is 3. The molecule has 37 heavy (non-hydrogen) atoms. The Hall–Kier alpha value is -3.99. The number of rotatable bonds is 4. The predicted molar refractivity (Wildman–Crippen MR) is 129 cm³/mol. The van der Waals surface area contributed by atoms with Gasteiger partial charge < -0.3 is 15.2 Å². The number of fused-ring (bicyclic) bond motifs is 1. The third-order valence-electron chi connectivity index (χ3n) is 6.77. The number of hydrogen-bond donors (Lipinski definition) is 2. The second-order valence-corrected chi connectivity index (χ2v) is 9.53. The van der Waals surface area contributed by atoms with Gasteiger partial charge in [-0.2, -0.15) is 18.3 Å². The molecule has 5 rings (SSSR count). The van der Waals surface area contributed by atoms with E-state index < -0.39 is 45.8 Å². The molecule has 2 aromatic heterocycles. The third kappa shape index (κ3) is 4.29. The van der Waals surface area contributed by atoms with E-state index in [0.717, 1.165) is 15.6 Å². The number of H-pyrrole nitrogens is 1. The molecule has 1 aliphatic rings. The van der Waals surface area contributed by atoms with E-state index in [1.807, 2.05) is 24.8 Å². The van der Waals surface area contributed by atoms with Crippen LogP contribution in [0, 0.1) is 19.7 Å². The molecule has 192 valence electrons. The van der Waals surface area contributed by atoms with Gasteiger partial charge in [-0.25, -0.2) is 8.91 Å². The summed E-state index contributed by atoms with van der Waals surface area (Å²) < 4.78 is 56.9. The summed E-state index contributed by atoms with van der Waals surface area (Å²) in [4.78, 5) is 30.5. The number of aromatic nitrogens is 3. The zero-order chi connectivity index (χ0) is 26.7. The molecule has 11 heteroatoms. The third-order valence-corrected chi connectivity index (χ3v) is 6.77. The number of likely N-dealkylation sites (tertiary alicyclic amines) is 1. The molecule has 1 fully saturated rings. The summed E-state index contributed by atoms with van der Waals surface area (Å²) in [6.45, 7) is 4.40. The van der Waals surface area contributed by atoms with Crippen molar-refractivity contribution < 1.29 is 22.4 Å². The normalized spacial score (nSPS) is 15.5. The number of nitrogens with one attached hydrogen (secondary N) is 2. The first-order valence-electron chi connectivity index (χ1n) is 11.5. The average Bonchev–Trinajstić information content (AvgIpc) is 3.21. The summed E-state index contributed by atoms with van der Waals surface area (Å²) in [7, 11) is 1.79. The molecule has 1 amide bonds. The summed E-state index contributed by atoms with van der Waals surface area (Å²) in [6.07, 6.45) is -3.76. The highest BCUT2D eigenvalue weighted by Gasteiger charge is 2.47. The number of amides is 1. The van der Waals surface area contributed by atoms with Gasteiger partial charge in [0.05, 0.1) is 17.4 Å². The molecule has 0 radical (unpaired) electrons. The lowest BCUT2D eigenvalue weighted by molar-refractivity contribution is -0.136. The van der Waals surface area contributed by atoms with E-state index in [1.54, 1.807) is 19.2 Å². The largest absolute Gasteiger partial charge is 0.421 e. The number of carbonyl (C=O) groups excluding carboxylic acids is 1. The Labute approximate surface area is 208 Å². The van der Waals surface area contributed by atoms with E-state index in [4.69, 9.17) is 0 Å². The molecule has 2 N–H and O–H groups in total. The first-order valence-corrected chi connectivity index (χ1v) is 11.5. The lowest BCUT2D eigenvalue weighted by atomic mass is 9.82. The minimum absolute atomic E-state index is 0.257. The summed E-state index contributed by atoms with van der Waals surface area (Å²) in [5.74, 6) is -1.56. The van der Waals surface area contributed by atoms with Crippen LogP contribution < -0.4 is 10.9 Å². The highest BCUT2D eigenvalue weighted by atomic mass is 19.4. The molecular formula is C26H23F4N5O2. The number of carbonyl (C=O) groups is 1. The molecule has 1 saturated heterocycles. The van der Waals surface area contributed by atoms with Crippen LogP contribution in [-0.4, -0.2) is 45.5 Å². The molecule has 0 saturated carbocycles. The van der Waals surface area contributed by atoms with Crippen molar-refractivity contribution in [2.45, 2.75) is 25.6 Å². The van der Waals surface area contributed by atoms with Crippen LogP contribution in [0.15, 0.2) is 53.5 Å². The van der Waals surface area contributed by atoms with Gasteiger partial charge in [-0.15, -0.1) is 0 Å². The predicted octanol–water partition coefficient (Wildman–Crippen LogP) is 4.04. The fourth-order valence-electron chi connectivity index (χ4n) is 4.82. The fraction of sp³-hybridized carbons (Fsp3) is 0.269. The molecule has 2 aromatic carbocycles. The molecule has 7 nitrogen and oxygen atoms in total. The quantitative estimate of drug-likeness (QED) is 0.404. The number of aryl methyl sites for hydroxylation is 2. The van der Waals surface area contributed by atoms with E-state index >= 15 is 0 Å². The Balaban J connectivity index is 1.61. The molecule has 0 atom stereocenters. The van der Waals surface area contributed by atoms with Crippen LogP contribution >= 0.6 is 0 Å². The maximum atomic E-state index is 14.2. The van der Waals surface area contributed by atoms with Crippen LogP contribution in [-0.2, 0) is 11.7 Å². The van der Waals surface area contributed by atoms with Crippen LogP contribution in [0.4, 0.5) is 17.6 Å². The Kier molecular flexibility index (Phi) is 5.70. The number of benzene rings is 2. The SMILES string of the molecule is Cc1ccc(-c2cn3nc(C(=O)NC4(c5ccc(F)cc5)CN(C)C4)c(C(F)(F)F)c3c(=O)[nH]2)cc1C. The second-order valence-electron chi connectivity index (χ2n) is 9.53.